The Bertz CT molecular complexity index is 1240. The molecule has 31 heavy (non-hydrogen) atoms. The highest BCUT2D eigenvalue weighted by Gasteiger charge is 2.44. The van der Waals surface area contributed by atoms with Gasteiger partial charge in [0.2, 0.25) is 5.91 Å². The molecule has 0 aliphatic carbocycles. The van der Waals surface area contributed by atoms with Gasteiger partial charge in [-0.05, 0) is 55.5 Å². The lowest BCUT2D eigenvalue weighted by molar-refractivity contribution is -0.125. The van der Waals surface area contributed by atoms with Gasteiger partial charge in [0.15, 0.2) is 9.84 Å². The summed E-state index contributed by atoms with van der Waals surface area (Å²) in [6.45, 7) is 7.19. The number of sulfone groups is 1. The summed E-state index contributed by atoms with van der Waals surface area (Å²) in [6.07, 6.45) is 0.785. The highest BCUT2D eigenvalue weighted by atomic mass is 32.2. The number of hydrogen-bond donors (Lipinski definition) is 1. The second-order valence-electron chi connectivity index (χ2n) is 7.99. The van der Waals surface area contributed by atoms with E-state index in [9.17, 15) is 22.8 Å². The summed E-state index contributed by atoms with van der Waals surface area (Å²) in [5.74, 6) is -1.86. The number of imide groups is 1. The van der Waals surface area contributed by atoms with Crippen molar-refractivity contribution in [1.82, 2.24) is 10.2 Å². The summed E-state index contributed by atoms with van der Waals surface area (Å²) in [4.78, 5) is 39.4. The summed E-state index contributed by atoms with van der Waals surface area (Å²) in [5, 5.41) is 2.59. The molecule has 3 amide bonds. The number of piperidine rings is 1. The third-order valence-corrected chi connectivity index (χ3v) is 7.67. The lowest BCUT2D eigenvalue weighted by Crippen LogP contribution is -2.51. The second-order valence-corrected chi connectivity index (χ2v) is 9.91. The van der Waals surface area contributed by atoms with E-state index in [4.69, 9.17) is 0 Å². The molecule has 2 aromatic carbocycles. The van der Waals surface area contributed by atoms with Crippen LogP contribution < -0.4 is 5.32 Å². The van der Waals surface area contributed by atoms with E-state index < -0.39 is 33.6 Å². The van der Waals surface area contributed by atoms with E-state index in [0.29, 0.717) is 35.2 Å². The quantitative estimate of drug-likeness (QED) is 0.740. The van der Waals surface area contributed by atoms with Crippen molar-refractivity contribution >= 4 is 27.6 Å². The molecule has 0 spiro atoms. The Morgan fingerprint density at radius 3 is 2.32 bits per heavy atom. The Morgan fingerprint density at radius 2 is 1.68 bits per heavy atom. The van der Waals surface area contributed by atoms with Crippen molar-refractivity contribution in [2.75, 3.05) is 0 Å². The first kappa shape index (κ1) is 21.0. The number of allylic oxidation sites excluding steroid dienone is 1. The number of nitrogens with zero attached hydrogens (tertiary/aromatic N) is 1. The molecular formula is C23H22N2O5S. The second kappa shape index (κ2) is 7.46. The van der Waals surface area contributed by atoms with Crippen LogP contribution in [0.1, 0.15) is 50.2 Å². The molecule has 160 valence electrons. The standard InChI is InChI=1S/C23H22N2O5S/c1-13-5-4-6-14(2)20(13)31(29,30)12-16-8-9-17-18(11-16)23(28)25(22(17)27)19-10-7-15(3)24-21(19)26/h4-6,8-9,11,19H,3,7,10,12H2,1-2H3,(H,24,26). The first-order valence-corrected chi connectivity index (χ1v) is 11.5. The molecule has 1 fully saturated rings. The Kier molecular flexibility index (Phi) is 5.05. The largest absolute Gasteiger partial charge is 0.329 e. The van der Waals surface area contributed by atoms with Crippen molar-refractivity contribution in [3.63, 3.8) is 0 Å². The molecule has 2 heterocycles. The molecule has 8 heteroatoms. The van der Waals surface area contributed by atoms with Crippen molar-refractivity contribution in [2.45, 2.75) is 43.4 Å². The van der Waals surface area contributed by atoms with Crippen LogP contribution in [-0.2, 0) is 20.4 Å². The third-order valence-electron chi connectivity index (χ3n) is 5.69. The van der Waals surface area contributed by atoms with Crippen molar-refractivity contribution in [2.24, 2.45) is 0 Å². The third kappa shape index (κ3) is 3.57. The summed E-state index contributed by atoms with van der Waals surface area (Å²) >= 11 is 0. The number of fused-ring (bicyclic) bond motifs is 1. The number of hydrogen-bond acceptors (Lipinski definition) is 5. The Morgan fingerprint density at radius 1 is 1.03 bits per heavy atom. The summed E-state index contributed by atoms with van der Waals surface area (Å²) in [6, 6.07) is 8.83. The molecule has 0 bridgehead atoms. The zero-order valence-electron chi connectivity index (χ0n) is 17.3. The fraction of sp³-hybridized carbons (Fsp3) is 0.261. The van der Waals surface area contributed by atoms with Gasteiger partial charge in [-0.2, -0.15) is 0 Å². The number of amides is 3. The van der Waals surface area contributed by atoms with Crippen LogP contribution >= 0.6 is 0 Å². The van der Waals surface area contributed by atoms with Crippen molar-refractivity contribution in [3.05, 3.63) is 76.5 Å². The minimum Gasteiger partial charge on any atom is -0.329 e. The average molecular weight is 439 g/mol. The van der Waals surface area contributed by atoms with Crippen molar-refractivity contribution in [3.8, 4) is 0 Å². The Hall–Kier alpha value is -3.26. The van der Waals surface area contributed by atoms with Crippen molar-refractivity contribution in [1.29, 1.82) is 0 Å². The molecule has 1 atom stereocenters. The van der Waals surface area contributed by atoms with Crippen LogP contribution in [0.3, 0.4) is 0 Å². The number of carbonyl (C=O) groups excluding carboxylic acids is 3. The Labute approximate surface area is 180 Å². The lowest BCUT2D eigenvalue weighted by atomic mass is 10.0. The van der Waals surface area contributed by atoms with Crippen LogP contribution in [-0.4, -0.2) is 37.1 Å². The molecule has 0 radical (unpaired) electrons. The van der Waals surface area contributed by atoms with Crippen LogP contribution in [0.2, 0.25) is 0 Å². The SMILES string of the molecule is C=C1CCC(N2C(=O)c3ccc(CS(=O)(=O)c4c(C)cccc4C)cc3C2=O)C(=O)N1. The fourth-order valence-corrected chi connectivity index (χ4v) is 6.15. The highest BCUT2D eigenvalue weighted by Crippen LogP contribution is 2.30. The summed E-state index contributed by atoms with van der Waals surface area (Å²) in [5.41, 5.74) is 2.57. The first-order chi connectivity index (χ1) is 14.6. The first-order valence-electron chi connectivity index (χ1n) is 9.88. The zero-order valence-corrected chi connectivity index (χ0v) is 18.1. The van der Waals surface area contributed by atoms with Crippen LogP contribution in [0.15, 0.2) is 53.6 Å². The maximum Gasteiger partial charge on any atom is 0.262 e. The van der Waals surface area contributed by atoms with Gasteiger partial charge < -0.3 is 5.32 Å². The van der Waals surface area contributed by atoms with E-state index in [1.807, 2.05) is 0 Å². The molecule has 0 aromatic heterocycles. The van der Waals surface area contributed by atoms with Crippen LogP contribution in [0.5, 0.6) is 0 Å². The van der Waals surface area contributed by atoms with Gasteiger partial charge in [-0.3, -0.25) is 19.3 Å². The average Bonchev–Trinajstić information content (AvgIpc) is 2.92. The van der Waals surface area contributed by atoms with E-state index in [0.717, 1.165) is 4.90 Å². The minimum atomic E-state index is -3.66. The van der Waals surface area contributed by atoms with Gasteiger partial charge in [0.1, 0.15) is 6.04 Å². The molecular weight excluding hydrogens is 416 g/mol. The van der Waals surface area contributed by atoms with E-state index in [1.54, 1.807) is 38.1 Å². The van der Waals surface area contributed by atoms with E-state index >= 15 is 0 Å². The number of nitrogens with one attached hydrogen (secondary N) is 1. The number of benzene rings is 2. The van der Waals surface area contributed by atoms with Crippen LogP contribution in [0.4, 0.5) is 0 Å². The normalized spacial score (nSPS) is 18.9. The fourth-order valence-electron chi connectivity index (χ4n) is 4.27. The van der Waals surface area contributed by atoms with Gasteiger partial charge in [-0.1, -0.05) is 30.8 Å². The van der Waals surface area contributed by atoms with Gasteiger partial charge in [-0.25, -0.2) is 8.42 Å². The maximum atomic E-state index is 13.1. The molecule has 0 saturated carbocycles. The van der Waals surface area contributed by atoms with Crippen LogP contribution in [0, 0.1) is 13.8 Å². The molecule has 2 aliphatic heterocycles. The molecule has 4 rings (SSSR count). The molecule has 2 aliphatic rings. The molecule has 1 unspecified atom stereocenters. The number of aryl methyl sites for hydroxylation is 2. The van der Waals surface area contributed by atoms with Gasteiger partial charge in [-0.15, -0.1) is 0 Å². The summed E-state index contributed by atoms with van der Waals surface area (Å²) in [7, 11) is -3.66. The van der Waals surface area contributed by atoms with E-state index in [-0.39, 0.29) is 21.8 Å². The Balaban J connectivity index is 1.65. The zero-order chi connectivity index (χ0) is 22.5. The maximum absolute atomic E-state index is 13.1. The predicted molar refractivity (Wildman–Crippen MR) is 114 cm³/mol. The summed E-state index contributed by atoms with van der Waals surface area (Å²) < 4.78 is 26.1. The van der Waals surface area contributed by atoms with Gasteiger partial charge in [0.25, 0.3) is 11.8 Å². The van der Waals surface area contributed by atoms with E-state index in [1.165, 1.54) is 12.1 Å². The monoisotopic (exact) mass is 438 g/mol. The highest BCUT2D eigenvalue weighted by molar-refractivity contribution is 7.90. The van der Waals surface area contributed by atoms with Crippen molar-refractivity contribution < 1.29 is 22.8 Å². The van der Waals surface area contributed by atoms with Gasteiger partial charge in [0, 0.05) is 5.70 Å². The lowest BCUT2D eigenvalue weighted by Gasteiger charge is -2.29. The topological polar surface area (TPSA) is 101 Å². The molecule has 7 nitrogen and oxygen atoms in total. The van der Waals surface area contributed by atoms with Gasteiger partial charge >= 0.3 is 0 Å². The van der Waals surface area contributed by atoms with Gasteiger partial charge in [0.05, 0.1) is 21.8 Å². The van der Waals surface area contributed by atoms with Crippen LogP contribution in [0.25, 0.3) is 0 Å². The van der Waals surface area contributed by atoms with E-state index in [2.05, 4.69) is 11.9 Å². The minimum absolute atomic E-state index is 0.122. The predicted octanol–water partition coefficient (Wildman–Crippen LogP) is 2.67. The molecule has 1 saturated heterocycles. The molecule has 1 N–H and O–H groups in total. The smallest absolute Gasteiger partial charge is 0.262 e. The number of rotatable bonds is 4. The number of carbonyl (C=O) groups is 3. The molecule has 2 aromatic rings.